The number of halogens is 1. The molecule has 1 aliphatic heterocycles. The monoisotopic (exact) mass is 402 g/mol. The molecule has 5 heteroatoms. The second-order valence-electron chi connectivity index (χ2n) is 7.72. The maximum absolute atomic E-state index is 13.0. The average Bonchev–Trinajstić information content (AvgIpc) is 2.54. The molecule has 1 fully saturated rings. The largest absolute Gasteiger partial charge is 0.438 e. The van der Waals surface area contributed by atoms with Crippen LogP contribution in [-0.2, 0) is 0 Å². The molecule has 3 rings (SSSR count). The van der Waals surface area contributed by atoms with Crippen molar-refractivity contribution in [1.29, 1.82) is 5.26 Å². The van der Waals surface area contributed by atoms with E-state index in [0.29, 0.717) is 16.9 Å². The Kier molecular flexibility index (Phi) is 4.68. The van der Waals surface area contributed by atoms with Crippen LogP contribution in [0.2, 0.25) is 0 Å². The van der Waals surface area contributed by atoms with E-state index in [1.165, 1.54) is 0 Å². The van der Waals surface area contributed by atoms with Gasteiger partial charge in [0, 0.05) is 23.5 Å². The zero-order valence-corrected chi connectivity index (χ0v) is 16.7. The minimum atomic E-state index is -0.235. The van der Waals surface area contributed by atoms with Crippen molar-refractivity contribution < 1.29 is 4.42 Å². The lowest BCUT2D eigenvalue weighted by Crippen LogP contribution is -2.38. The van der Waals surface area contributed by atoms with Crippen molar-refractivity contribution >= 4 is 32.8 Å². The SMILES string of the molecule is Cc1cc(C(C)Br)c2oc(N3CCC(C)(C)CC3)c(C#N)c(=O)c2c1. The van der Waals surface area contributed by atoms with Gasteiger partial charge >= 0.3 is 0 Å². The van der Waals surface area contributed by atoms with E-state index >= 15 is 0 Å². The van der Waals surface area contributed by atoms with Crippen LogP contribution in [0.4, 0.5) is 5.88 Å². The molecule has 25 heavy (non-hydrogen) atoms. The van der Waals surface area contributed by atoms with Crippen LogP contribution < -0.4 is 10.3 Å². The van der Waals surface area contributed by atoms with Gasteiger partial charge in [0.05, 0.1) is 5.39 Å². The third-order valence-electron chi connectivity index (χ3n) is 5.09. The first-order chi connectivity index (χ1) is 11.7. The summed E-state index contributed by atoms with van der Waals surface area (Å²) in [5, 5.41) is 10.1. The third kappa shape index (κ3) is 3.32. The Bertz CT molecular complexity index is 912. The molecule has 1 atom stereocenters. The molecule has 0 spiro atoms. The average molecular weight is 403 g/mol. The minimum absolute atomic E-state index is 0.0547. The van der Waals surface area contributed by atoms with Crippen molar-refractivity contribution in [3.63, 3.8) is 0 Å². The van der Waals surface area contributed by atoms with E-state index in [2.05, 4.69) is 35.8 Å². The smallest absolute Gasteiger partial charge is 0.218 e. The standard InChI is InChI=1S/C20H23BrN2O2/c1-12-9-14(13(2)21)18-15(10-12)17(24)16(11-22)19(25-18)23-7-5-20(3,4)6-8-23/h9-10,13H,5-8H2,1-4H3. The number of fused-ring (bicyclic) bond motifs is 1. The van der Waals surface area contributed by atoms with Crippen molar-refractivity contribution in [2.75, 3.05) is 18.0 Å². The molecular formula is C20H23BrN2O2. The summed E-state index contributed by atoms with van der Waals surface area (Å²) in [5.74, 6) is 0.425. The fourth-order valence-electron chi connectivity index (χ4n) is 3.40. The van der Waals surface area contributed by atoms with Gasteiger partial charge in [-0.15, -0.1) is 0 Å². The van der Waals surface area contributed by atoms with E-state index < -0.39 is 0 Å². The van der Waals surface area contributed by atoms with E-state index in [4.69, 9.17) is 4.42 Å². The molecule has 1 saturated heterocycles. The third-order valence-corrected chi connectivity index (χ3v) is 5.58. The molecule has 0 saturated carbocycles. The second-order valence-corrected chi connectivity index (χ2v) is 9.09. The fourth-order valence-corrected chi connectivity index (χ4v) is 3.74. The maximum Gasteiger partial charge on any atom is 0.218 e. The molecule has 2 heterocycles. The van der Waals surface area contributed by atoms with Crippen LogP contribution in [0.3, 0.4) is 0 Å². The predicted molar refractivity (Wildman–Crippen MR) is 105 cm³/mol. The van der Waals surface area contributed by atoms with Crippen molar-refractivity contribution in [3.8, 4) is 6.07 Å². The highest BCUT2D eigenvalue weighted by atomic mass is 79.9. The summed E-state index contributed by atoms with van der Waals surface area (Å²) in [7, 11) is 0. The Balaban J connectivity index is 2.23. The summed E-state index contributed by atoms with van der Waals surface area (Å²) in [6.45, 7) is 10.0. The molecule has 1 unspecified atom stereocenters. The number of aryl methyl sites for hydroxylation is 1. The van der Waals surface area contributed by atoms with Crippen LogP contribution in [0.25, 0.3) is 11.0 Å². The van der Waals surface area contributed by atoms with Gasteiger partial charge in [-0.1, -0.05) is 35.8 Å². The van der Waals surface area contributed by atoms with E-state index in [9.17, 15) is 10.1 Å². The van der Waals surface area contributed by atoms with Crippen LogP contribution in [0, 0.1) is 23.7 Å². The number of piperidine rings is 1. The zero-order valence-electron chi connectivity index (χ0n) is 15.1. The number of nitriles is 1. The van der Waals surface area contributed by atoms with Crippen LogP contribution in [0.1, 0.15) is 55.1 Å². The molecule has 2 aromatic rings. The number of nitrogens with zero attached hydrogens (tertiary/aromatic N) is 2. The zero-order chi connectivity index (χ0) is 18.4. The first-order valence-corrected chi connectivity index (χ1v) is 9.55. The summed E-state index contributed by atoms with van der Waals surface area (Å²) in [4.78, 5) is 15.1. The lowest BCUT2D eigenvalue weighted by molar-refractivity contribution is 0.274. The molecule has 0 radical (unpaired) electrons. The Morgan fingerprint density at radius 1 is 1.32 bits per heavy atom. The van der Waals surface area contributed by atoms with Crippen molar-refractivity contribution in [3.05, 3.63) is 39.0 Å². The first kappa shape index (κ1) is 18.0. The molecular weight excluding hydrogens is 380 g/mol. The van der Waals surface area contributed by atoms with Crippen LogP contribution >= 0.6 is 15.9 Å². The van der Waals surface area contributed by atoms with Gasteiger partial charge < -0.3 is 9.32 Å². The number of hydrogen-bond donors (Lipinski definition) is 0. The molecule has 132 valence electrons. The Labute approximate surface area is 156 Å². The highest BCUT2D eigenvalue weighted by Crippen LogP contribution is 2.36. The van der Waals surface area contributed by atoms with Crippen molar-refractivity contribution in [2.24, 2.45) is 5.41 Å². The van der Waals surface area contributed by atoms with Gasteiger partial charge in [-0.25, -0.2) is 0 Å². The molecule has 1 aromatic carbocycles. The molecule has 0 aliphatic carbocycles. The van der Waals surface area contributed by atoms with Gasteiger partial charge in [-0.3, -0.25) is 4.79 Å². The van der Waals surface area contributed by atoms with Gasteiger partial charge in [-0.05, 0) is 43.7 Å². The van der Waals surface area contributed by atoms with E-state index in [1.54, 1.807) is 0 Å². The maximum atomic E-state index is 13.0. The molecule has 0 amide bonds. The Hall–Kier alpha value is -1.80. The lowest BCUT2D eigenvalue weighted by Gasteiger charge is -2.37. The van der Waals surface area contributed by atoms with E-state index in [1.807, 2.05) is 30.9 Å². The highest BCUT2D eigenvalue weighted by Gasteiger charge is 2.29. The molecule has 1 aromatic heterocycles. The van der Waals surface area contributed by atoms with Crippen LogP contribution in [0.15, 0.2) is 21.3 Å². The van der Waals surface area contributed by atoms with E-state index in [0.717, 1.165) is 37.1 Å². The fraction of sp³-hybridized carbons (Fsp3) is 0.500. The Morgan fingerprint density at radius 3 is 2.52 bits per heavy atom. The van der Waals surface area contributed by atoms with Crippen LogP contribution in [0.5, 0.6) is 0 Å². The van der Waals surface area contributed by atoms with Gasteiger partial charge in [0.25, 0.3) is 0 Å². The van der Waals surface area contributed by atoms with Gasteiger partial charge in [-0.2, -0.15) is 5.26 Å². The Morgan fingerprint density at radius 2 is 1.96 bits per heavy atom. The van der Waals surface area contributed by atoms with Gasteiger partial charge in [0.15, 0.2) is 5.56 Å². The van der Waals surface area contributed by atoms with Crippen molar-refractivity contribution in [1.82, 2.24) is 0 Å². The number of anilines is 1. The second kappa shape index (κ2) is 6.49. The molecule has 1 aliphatic rings. The normalized spacial score (nSPS) is 18.2. The minimum Gasteiger partial charge on any atom is -0.438 e. The summed E-state index contributed by atoms with van der Waals surface area (Å²) in [6.07, 6.45) is 2.02. The summed E-state index contributed by atoms with van der Waals surface area (Å²) < 4.78 is 6.19. The summed E-state index contributed by atoms with van der Waals surface area (Å²) in [6, 6.07) is 5.92. The number of rotatable bonds is 2. The van der Waals surface area contributed by atoms with E-state index in [-0.39, 0.29) is 21.2 Å². The number of benzene rings is 1. The topological polar surface area (TPSA) is 57.2 Å². The highest BCUT2D eigenvalue weighted by molar-refractivity contribution is 9.09. The van der Waals surface area contributed by atoms with Crippen LogP contribution in [-0.4, -0.2) is 13.1 Å². The van der Waals surface area contributed by atoms with Gasteiger partial charge in [0.1, 0.15) is 11.7 Å². The number of hydrogen-bond acceptors (Lipinski definition) is 4. The predicted octanol–water partition coefficient (Wildman–Crippen LogP) is 5.06. The summed E-state index contributed by atoms with van der Waals surface area (Å²) >= 11 is 3.59. The summed E-state index contributed by atoms with van der Waals surface area (Å²) in [5.41, 5.74) is 2.67. The molecule has 0 N–H and O–H groups in total. The lowest BCUT2D eigenvalue weighted by atomic mass is 9.82. The number of alkyl halides is 1. The van der Waals surface area contributed by atoms with Crippen molar-refractivity contribution in [2.45, 2.75) is 45.4 Å². The molecule has 4 nitrogen and oxygen atoms in total. The van der Waals surface area contributed by atoms with Gasteiger partial charge in [0.2, 0.25) is 11.3 Å². The molecule has 0 bridgehead atoms. The quantitative estimate of drug-likeness (QED) is 0.658. The first-order valence-electron chi connectivity index (χ1n) is 8.64.